The summed E-state index contributed by atoms with van der Waals surface area (Å²) in [4.78, 5) is 25.3. The maximum Gasteiger partial charge on any atom is 0.319 e. The first-order valence-electron chi connectivity index (χ1n) is 6.47. The smallest absolute Gasteiger partial charge is 0.319 e. The number of hydrogen-bond acceptors (Lipinski definition) is 2. The van der Waals surface area contributed by atoms with Gasteiger partial charge in [-0.25, -0.2) is 9.59 Å². The van der Waals surface area contributed by atoms with Gasteiger partial charge in [-0.15, -0.1) is 0 Å². The van der Waals surface area contributed by atoms with Crippen molar-refractivity contribution in [2.45, 2.75) is 65.3 Å². The van der Waals surface area contributed by atoms with Crippen molar-refractivity contribution in [1.82, 2.24) is 20.9 Å². The minimum Gasteiger partial charge on any atom is -0.336 e. The fourth-order valence-corrected chi connectivity index (χ4v) is 2.11. The minimum atomic E-state index is -0.257. The second kappa shape index (κ2) is 5.93. The molecular weight excluding hydrogens is 232 g/mol. The van der Waals surface area contributed by atoms with Gasteiger partial charge in [0, 0.05) is 24.5 Å². The molecule has 0 aromatic rings. The van der Waals surface area contributed by atoms with E-state index in [2.05, 4.69) is 16.0 Å². The number of carbonyl (C=O) groups is 2. The molecule has 2 atom stereocenters. The van der Waals surface area contributed by atoms with Crippen LogP contribution in [0.15, 0.2) is 0 Å². The normalized spacial score (nSPS) is 24.2. The highest BCUT2D eigenvalue weighted by Gasteiger charge is 2.34. The van der Waals surface area contributed by atoms with Crippen molar-refractivity contribution in [2.24, 2.45) is 0 Å². The molecule has 0 spiro atoms. The Bertz CT molecular complexity index is 317. The number of amides is 4. The van der Waals surface area contributed by atoms with Gasteiger partial charge in [0.25, 0.3) is 0 Å². The van der Waals surface area contributed by atoms with Crippen LogP contribution in [-0.2, 0) is 0 Å². The predicted molar refractivity (Wildman–Crippen MR) is 70.2 cm³/mol. The Hall–Kier alpha value is -1.46. The summed E-state index contributed by atoms with van der Waals surface area (Å²) >= 11 is 0. The highest BCUT2D eigenvalue weighted by Crippen LogP contribution is 2.15. The summed E-state index contributed by atoms with van der Waals surface area (Å²) in [6.07, 6.45) is 0.447. The Morgan fingerprint density at radius 3 is 2.50 bits per heavy atom. The molecule has 4 amide bonds. The molecule has 104 valence electrons. The summed E-state index contributed by atoms with van der Waals surface area (Å²) in [5.74, 6) is 0. The second-order valence-electron chi connectivity index (χ2n) is 5.38. The van der Waals surface area contributed by atoms with Crippen molar-refractivity contribution < 1.29 is 9.59 Å². The molecule has 6 nitrogen and oxygen atoms in total. The number of urea groups is 2. The lowest BCUT2D eigenvalue weighted by molar-refractivity contribution is 0.108. The van der Waals surface area contributed by atoms with Gasteiger partial charge < -0.3 is 20.9 Å². The van der Waals surface area contributed by atoms with Crippen molar-refractivity contribution >= 4 is 12.1 Å². The van der Waals surface area contributed by atoms with Crippen LogP contribution in [0.2, 0.25) is 0 Å². The van der Waals surface area contributed by atoms with Gasteiger partial charge in [-0.1, -0.05) is 0 Å². The van der Waals surface area contributed by atoms with Gasteiger partial charge in [0.05, 0.1) is 0 Å². The summed E-state index contributed by atoms with van der Waals surface area (Å²) < 4.78 is 0. The van der Waals surface area contributed by atoms with E-state index in [1.54, 1.807) is 4.90 Å². The van der Waals surface area contributed by atoms with Crippen molar-refractivity contribution in [1.29, 1.82) is 0 Å². The van der Waals surface area contributed by atoms with E-state index in [1.165, 1.54) is 0 Å². The summed E-state index contributed by atoms with van der Waals surface area (Å²) in [6.45, 7) is 9.60. The number of hydrogen-bond donors (Lipinski definition) is 3. The van der Waals surface area contributed by atoms with E-state index in [-0.39, 0.29) is 36.4 Å². The SMILES string of the molecule is CC(C)NC(=O)N[C@H]1C[C@H](C)NC(=O)N1C(C)C. The van der Waals surface area contributed by atoms with Gasteiger partial charge in [0.2, 0.25) is 0 Å². The zero-order valence-electron chi connectivity index (χ0n) is 11.8. The van der Waals surface area contributed by atoms with Crippen LogP contribution in [0.4, 0.5) is 9.59 Å². The standard InChI is InChI=1S/C12H24N4O2/c1-7(2)13-11(17)15-10-6-9(5)14-12(18)16(10)8(3)4/h7-10H,6H2,1-5H3,(H,14,18)(H2,13,15,17)/t9-,10+/m0/s1. The number of rotatable bonds is 3. The molecule has 1 saturated heterocycles. The van der Waals surface area contributed by atoms with Crippen LogP contribution in [0.3, 0.4) is 0 Å². The lowest BCUT2D eigenvalue weighted by atomic mass is 10.1. The quantitative estimate of drug-likeness (QED) is 0.710. The van der Waals surface area contributed by atoms with E-state index in [0.717, 1.165) is 0 Å². The number of nitrogens with one attached hydrogen (secondary N) is 3. The molecule has 18 heavy (non-hydrogen) atoms. The zero-order chi connectivity index (χ0) is 13.9. The third-order valence-corrected chi connectivity index (χ3v) is 2.79. The highest BCUT2D eigenvalue weighted by atomic mass is 16.2. The zero-order valence-corrected chi connectivity index (χ0v) is 11.8. The first kappa shape index (κ1) is 14.6. The van der Waals surface area contributed by atoms with E-state index < -0.39 is 0 Å². The van der Waals surface area contributed by atoms with Gasteiger partial charge >= 0.3 is 12.1 Å². The largest absolute Gasteiger partial charge is 0.336 e. The third kappa shape index (κ3) is 3.78. The highest BCUT2D eigenvalue weighted by molar-refractivity contribution is 5.78. The van der Waals surface area contributed by atoms with Gasteiger partial charge in [0.15, 0.2) is 0 Å². The maximum absolute atomic E-state index is 11.9. The average Bonchev–Trinajstić information content (AvgIpc) is 2.12. The van der Waals surface area contributed by atoms with Crippen LogP contribution in [0.5, 0.6) is 0 Å². The molecule has 1 rings (SSSR count). The molecule has 0 aromatic heterocycles. The fourth-order valence-electron chi connectivity index (χ4n) is 2.11. The van der Waals surface area contributed by atoms with Gasteiger partial charge in [-0.05, 0) is 34.6 Å². The molecule has 1 heterocycles. The minimum absolute atomic E-state index is 0.0434. The van der Waals surface area contributed by atoms with Crippen LogP contribution in [0, 0.1) is 0 Å². The van der Waals surface area contributed by atoms with Crippen LogP contribution >= 0.6 is 0 Å². The molecule has 0 unspecified atom stereocenters. The monoisotopic (exact) mass is 256 g/mol. The van der Waals surface area contributed by atoms with E-state index in [0.29, 0.717) is 6.42 Å². The van der Waals surface area contributed by atoms with Crippen LogP contribution in [0.25, 0.3) is 0 Å². The Morgan fingerprint density at radius 1 is 1.39 bits per heavy atom. The van der Waals surface area contributed by atoms with E-state index in [9.17, 15) is 9.59 Å². The van der Waals surface area contributed by atoms with E-state index >= 15 is 0 Å². The lowest BCUT2D eigenvalue weighted by Gasteiger charge is -2.41. The summed E-state index contributed by atoms with van der Waals surface area (Å²) in [6, 6.07) is -0.174. The van der Waals surface area contributed by atoms with Gasteiger partial charge in [-0.3, -0.25) is 0 Å². The topological polar surface area (TPSA) is 73.5 Å². The third-order valence-electron chi connectivity index (χ3n) is 2.79. The molecule has 0 saturated carbocycles. The summed E-state index contributed by atoms with van der Waals surface area (Å²) in [7, 11) is 0. The van der Waals surface area contributed by atoms with E-state index in [4.69, 9.17) is 0 Å². The molecular formula is C12H24N4O2. The Kier molecular flexibility index (Phi) is 4.81. The molecule has 3 N–H and O–H groups in total. The first-order chi connectivity index (χ1) is 8.31. The summed E-state index contributed by atoms with van der Waals surface area (Å²) in [5, 5.41) is 8.50. The maximum atomic E-state index is 11.9. The first-order valence-corrected chi connectivity index (χ1v) is 6.47. The van der Waals surface area contributed by atoms with Crippen LogP contribution in [-0.4, -0.2) is 41.3 Å². The van der Waals surface area contributed by atoms with Gasteiger partial charge in [-0.2, -0.15) is 0 Å². The fraction of sp³-hybridized carbons (Fsp3) is 0.833. The molecule has 0 radical (unpaired) electrons. The summed E-state index contributed by atoms with van der Waals surface area (Å²) in [5.41, 5.74) is 0. The average molecular weight is 256 g/mol. The molecule has 0 bridgehead atoms. The molecule has 1 fully saturated rings. The van der Waals surface area contributed by atoms with Crippen LogP contribution in [0.1, 0.15) is 41.0 Å². The van der Waals surface area contributed by atoms with Crippen molar-refractivity contribution in [2.75, 3.05) is 0 Å². The number of nitrogens with zero attached hydrogens (tertiary/aromatic N) is 1. The Morgan fingerprint density at radius 2 is 2.00 bits per heavy atom. The molecule has 0 aromatic carbocycles. The van der Waals surface area contributed by atoms with Crippen LogP contribution < -0.4 is 16.0 Å². The second-order valence-corrected chi connectivity index (χ2v) is 5.38. The lowest BCUT2D eigenvalue weighted by Crippen LogP contribution is -2.64. The Labute approximate surface area is 108 Å². The predicted octanol–water partition coefficient (Wildman–Crippen LogP) is 1.23. The molecule has 0 aliphatic carbocycles. The molecule has 6 heteroatoms. The Balaban J connectivity index is 2.69. The molecule has 1 aliphatic rings. The van der Waals surface area contributed by atoms with Gasteiger partial charge in [0.1, 0.15) is 6.17 Å². The van der Waals surface area contributed by atoms with E-state index in [1.807, 2.05) is 34.6 Å². The van der Waals surface area contributed by atoms with Crippen molar-refractivity contribution in [3.63, 3.8) is 0 Å². The van der Waals surface area contributed by atoms with Crippen molar-refractivity contribution in [3.05, 3.63) is 0 Å². The molecule has 1 aliphatic heterocycles. The number of carbonyl (C=O) groups excluding carboxylic acids is 2. The van der Waals surface area contributed by atoms with Crippen molar-refractivity contribution in [3.8, 4) is 0 Å².